The molecular formula is C19H31NO2. The van der Waals surface area contributed by atoms with Gasteiger partial charge in [0.2, 0.25) is 0 Å². The van der Waals surface area contributed by atoms with Gasteiger partial charge >= 0.3 is 0 Å². The summed E-state index contributed by atoms with van der Waals surface area (Å²) in [5.41, 5.74) is 2.77. The molecule has 0 bridgehead atoms. The number of carboxylic acid groups (broad SMARTS) is 1. The van der Waals surface area contributed by atoms with Crippen molar-refractivity contribution in [3.05, 3.63) is 36.0 Å². The van der Waals surface area contributed by atoms with Gasteiger partial charge in [0.05, 0.1) is 0 Å². The first kappa shape index (κ1) is 20.2. The Hall–Kier alpha value is -1.77. The maximum absolute atomic E-state index is 8.36. The number of aryl methyl sites for hydroxylation is 1. The lowest BCUT2D eigenvalue weighted by Crippen LogP contribution is -2.00. The third-order valence-corrected chi connectivity index (χ3v) is 3.38. The maximum Gasteiger partial charge on any atom is 0.290 e. The van der Waals surface area contributed by atoms with Gasteiger partial charge in [0, 0.05) is 18.3 Å². The highest BCUT2D eigenvalue weighted by Gasteiger charge is 2.05. The van der Waals surface area contributed by atoms with E-state index in [1.54, 1.807) is 0 Å². The van der Waals surface area contributed by atoms with Crippen LogP contribution >= 0.6 is 0 Å². The smallest absolute Gasteiger partial charge is 0.290 e. The average molecular weight is 305 g/mol. The van der Waals surface area contributed by atoms with Gasteiger partial charge in [0.1, 0.15) is 0 Å². The van der Waals surface area contributed by atoms with Crippen molar-refractivity contribution in [3.8, 4) is 0 Å². The quantitative estimate of drug-likeness (QED) is 0.781. The molecule has 3 nitrogen and oxygen atoms in total. The molecule has 1 aromatic heterocycles. The molecule has 0 radical (unpaired) electrons. The summed E-state index contributed by atoms with van der Waals surface area (Å²) in [5, 5.41) is 8.24. The average Bonchev–Trinajstić information content (AvgIpc) is 2.78. The first-order valence-corrected chi connectivity index (χ1v) is 8.12. The zero-order chi connectivity index (χ0) is 17.0. The molecule has 0 fully saturated rings. The molecule has 0 saturated carbocycles. The standard InChI is InChI=1S/C13H17N.C5H12.CH2O2/c1-10(2)8-12-9-11-6-4-5-7-13(11)14(12)3;1-3-5-4-2;2-1-3/h4-7,9-10H,8H2,1-3H3;3-5H2,1-2H3;1H,(H,2,3). The Morgan fingerprint density at radius 1 is 1.18 bits per heavy atom. The Morgan fingerprint density at radius 2 is 1.73 bits per heavy atom. The molecule has 1 heterocycles. The lowest BCUT2D eigenvalue weighted by molar-refractivity contribution is -0.122. The van der Waals surface area contributed by atoms with Crippen LogP contribution in [0.15, 0.2) is 30.3 Å². The Kier molecular flexibility index (Phi) is 10.9. The van der Waals surface area contributed by atoms with Crippen LogP contribution in [0.3, 0.4) is 0 Å². The van der Waals surface area contributed by atoms with E-state index in [4.69, 9.17) is 9.90 Å². The van der Waals surface area contributed by atoms with Gasteiger partial charge < -0.3 is 9.67 Å². The number of hydrogen-bond acceptors (Lipinski definition) is 1. The molecule has 0 saturated heterocycles. The number of rotatable bonds is 4. The van der Waals surface area contributed by atoms with E-state index >= 15 is 0 Å². The topological polar surface area (TPSA) is 42.2 Å². The highest BCUT2D eigenvalue weighted by atomic mass is 16.3. The second kappa shape index (κ2) is 11.8. The summed E-state index contributed by atoms with van der Waals surface area (Å²) in [6, 6.07) is 10.9. The molecule has 2 rings (SSSR count). The number of fused-ring (bicyclic) bond motifs is 1. The van der Waals surface area contributed by atoms with E-state index in [-0.39, 0.29) is 6.47 Å². The Balaban J connectivity index is 0.000000465. The van der Waals surface area contributed by atoms with Crippen LogP contribution in [0.4, 0.5) is 0 Å². The van der Waals surface area contributed by atoms with Crippen molar-refractivity contribution in [1.29, 1.82) is 0 Å². The zero-order valence-electron chi connectivity index (χ0n) is 14.7. The first-order valence-electron chi connectivity index (χ1n) is 8.12. The third kappa shape index (κ3) is 7.30. The van der Waals surface area contributed by atoms with Crippen LogP contribution in [-0.4, -0.2) is 16.1 Å². The summed E-state index contributed by atoms with van der Waals surface area (Å²) in [4.78, 5) is 8.36. The normalized spacial score (nSPS) is 9.73. The maximum atomic E-state index is 8.36. The zero-order valence-corrected chi connectivity index (χ0v) is 14.7. The van der Waals surface area contributed by atoms with Crippen molar-refractivity contribution in [2.24, 2.45) is 13.0 Å². The van der Waals surface area contributed by atoms with Crippen LogP contribution in [0.25, 0.3) is 10.9 Å². The van der Waals surface area contributed by atoms with Gasteiger partial charge in [-0.15, -0.1) is 0 Å². The summed E-state index contributed by atoms with van der Waals surface area (Å²) in [5.74, 6) is 0.720. The summed E-state index contributed by atoms with van der Waals surface area (Å²) in [6.45, 7) is 8.70. The van der Waals surface area contributed by atoms with Gasteiger partial charge in [0.15, 0.2) is 0 Å². The number of benzene rings is 1. The largest absolute Gasteiger partial charge is 0.483 e. The third-order valence-electron chi connectivity index (χ3n) is 3.38. The Labute approximate surface area is 135 Å². The van der Waals surface area contributed by atoms with Gasteiger partial charge in [-0.1, -0.05) is 65.2 Å². The lowest BCUT2D eigenvalue weighted by Gasteiger charge is -2.06. The van der Waals surface area contributed by atoms with Crippen molar-refractivity contribution >= 4 is 17.4 Å². The summed E-state index contributed by atoms with van der Waals surface area (Å²) in [7, 11) is 2.15. The predicted molar refractivity (Wildman–Crippen MR) is 95.4 cm³/mol. The number of carbonyl (C=O) groups is 1. The lowest BCUT2D eigenvalue weighted by atomic mass is 10.1. The van der Waals surface area contributed by atoms with Crippen LogP contribution in [0.5, 0.6) is 0 Å². The van der Waals surface area contributed by atoms with E-state index in [0.717, 1.165) is 12.3 Å². The van der Waals surface area contributed by atoms with E-state index in [1.807, 2.05) is 0 Å². The van der Waals surface area contributed by atoms with Crippen LogP contribution in [0.1, 0.15) is 52.7 Å². The minimum atomic E-state index is -0.250. The van der Waals surface area contributed by atoms with Crippen LogP contribution in [0, 0.1) is 5.92 Å². The van der Waals surface area contributed by atoms with Gasteiger partial charge in [0.25, 0.3) is 6.47 Å². The SMILES string of the molecule is CC(C)Cc1cc2ccccc2n1C.CCCCC.O=CO. The minimum absolute atomic E-state index is 0.250. The minimum Gasteiger partial charge on any atom is -0.483 e. The summed E-state index contributed by atoms with van der Waals surface area (Å²) < 4.78 is 2.30. The molecule has 0 unspecified atom stereocenters. The van der Waals surface area contributed by atoms with Crippen LogP contribution in [-0.2, 0) is 18.3 Å². The van der Waals surface area contributed by atoms with E-state index < -0.39 is 0 Å². The first-order chi connectivity index (χ1) is 10.5. The highest BCUT2D eigenvalue weighted by Crippen LogP contribution is 2.20. The van der Waals surface area contributed by atoms with Crippen molar-refractivity contribution in [1.82, 2.24) is 4.57 Å². The monoisotopic (exact) mass is 305 g/mol. The van der Waals surface area contributed by atoms with Crippen LogP contribution in [0.2, 0.25) is 0 Å². The summed E-state index contributed by atoms with van der Waals surface area (Å²) >= 11 is 0. The molecular weight excluding hydrogens is 274 g/mol. The van der Waals surface area contributed by atoms with Gasteiger partial charge in [-0.3, -0.25) is 4.79 Å². The van der Waals surface area contributed by atoms with E-state index in [1.165, 1.54) is 35.9 Å². The molecule has 0 aliphatic carbocycles. The number of hydrogen-bond donors (Lipinski definition) is 1. The molecule has 1 aromatic carbocycles. The van der Waals surface area contributed by atoms with E-state index in [0.29, 0.717) is 0 Å². The molecule has 3 heteroatoms. The predicted octanol–water partition coefficient (Wildman–Crippen LogP) is 5.27. The molecule has 0 amide bonds. The Bertz CT molecular complexity index is 527. The number of aromatic nitrogens is 1. The molecule has 0 spiro atoms. The van der Waals surface area contributed by atoms with Crippen LogP contribution < -0.4 is 0 Å². The molecule has 22 heavy (non-hydrogen) atoms. The van der Waals surface area contributed by atoms with Crippen molar-refractivity contribution in [3.63, 3.8) is 0 Å². The number of unbranched alkanes of at least 4 members (excludes halogenated alkanes) is 2. The number of para-hydroxylation sites is 1. The van der Waals surface area contributed by atoms with E-state index in [9.17, 15) is 0 Å². The van der Waals surface area contributed by atoms with Crippen molar-refractivity contribution in [2.75, 3.05) is 0 Å². The second-order valence-electron chi connectivity index (χ2n) is 5.81. The molecule has 0 aliphatic rings. The second-order valence-corrected chi connectivity index (χ2v) is 5.81. The highest BCUT2D eigenvalue weighted by molar-refractivity contribution is 5.81. The molecule has 2 aromatic rings. The molecule has 0 aliphatic heterocycles. The molecule has 124 valence electrons. The van der Waals surface area contributed by atoms with Crippen molar-refractivity contribution in [2.45, 2.75) is 53.4 Å². The fourth-order valence-corrected chi connectivity index (χ4v) is 2.31. The van der Waals surface area contributed by atoms with Crippen molar-refractivity contribution < 1.29 is 9.90 Å². The Morgan fingerprint density at radius 3 is 2.14 bits per heavy atom. The number of nitrogens with zero attached hydrogens (tertiary/aromatic N) is 1. The van der Waals surface area contributed by atoms with Gasteiger partial charge in [-0.25, -0.2) is 0 Å². The fourth-order valence-electron chi connectivity index (χ4n) is 2.31. The molecule has 0 atom stereocenters. The van der Waals surface area contributed by atoms with Gasteiger partial charge in [-0.05, 0) is 29.9 Å². The van der Waals surface area contributed by atoms with E-state index in [2.05, 4.69) is 69.6 Å². The van der Waals surface area contributed by atoms with Gasteiger partial charge in [-0.2, -0.15) is 0 Å². The summed E-state index contributed by atoms with van der Waals surface area (Å²) in [6.07, 6.45) is 5.23. The fraction of sp³-hybridized carbons (Fsp3) is 0.526. The molecule has 1 N–H and O–H groups in total.